The summed E-state index contributed by atoms with van der Waals surface area (Å²) in [6.07, 6.45) is -8.98. The summed E-state index contributed by atoms with van der Waals surface area (Å²) in [5.74, 6) is -0.220. The van der Waals surface area contributed by atoms with Gasteiger partial charge >= 0.3 is 12.4 Å². The Hall–Kier alpha value is -0.460. The molecule has 0 heterocycles. The van der Waals surface area contributed by atoms with Gasteiger partial charge in [-0.15, -0.1) is 0 Å². The van der Waals surface area contributed by atoms with E-state index in [1.165, 1.54) is 12.8 Å². The van der Waals surface area contributed by atoms with E-state index in [9.17, 15) is 31.4 Å². The third kappa shape index (κ3) is 4.02. The van der Waals surface area contributed by atoms with Gasteiger partial charge in [-0.25, -0.2) is 0 Å². The average molecular weight is 362 g/mol. The molecule has 0 aromatic carbocycles. The molecule has 5 atom stereocenters. The second-order valence-electron chi connectivity index (χ2n) is 7.43. The number of rotatable bonds is 3. The molecule has 2 saturated carbocycles. The maximum Gasteiger partial charge on any atom is 0.426 e. The zero-order valence-corrected chi connectivity index (χ0v) is 14.6. The van der Waals surface area contributed by atoms with Crippen LogP contribution >= 0.6 is 0 Å². The molecule has 1 N–H and O–H groups in total. The van der Waals surface area contributed by atoms with Crippen LogP contribution in [0.25, 0.3) is 0 Å². The third-order valence-corrected chi connectivity index (χ3v) is 6.03. The molecule has 144 valence electrons. The van der Waals surface area contributed by atoms with Crippen molar-refractivity contribution in [2.24, 2.45) is 29.6 Å². The first-order valence-corrected chi connectivity index (χ1v) is 8.65. The van der Waals surface area contributed by atoms with Crippen LogP contribution in [-0.2, 0) is 0 Å². The second-order valence-corrected chi connectivity index (χ2v) is 7.43. The lowest BCUT2D eigenvalue weighted by Gasteiger charge is -2.39. The Bertz CT molecular complexity index is 385. The number of aliphatic hydroxyl groups is 1. The molecule has 2 aliphatic rings. The lowest BCUT2D eigenvalue weighted by atomic mass is 9.72. The van der Waals surface area contributed by atoms with Crippen molar-refractivity contribution in [3.63, 3.8) is 0 Å². The molecule has 2 aliphatic carbocycles. The summed E-state index contributed by atoms with van der Waals surface area (Å²) in [7, 11) is 0. The summed E-state index contributed by atoms with van der Waals surface area (Å²) < 4.78 is 76.2. The number of halogens is 6. The summed E-state index contributed by atoms with van der Waals surface area (Å²) in [6.45, 7) is 8.23. The lowest BCUT2D eigenvalue weighted by molar-refractivity contribution is -0.373. The van der Waals surface area contributed by atoms with Crippen molar-refractivity contribution >= 4 is 0 Å². The molecule has 2 bridgehead atoms. The molecule has 7 heteroatoms. The molecule has 0 aromatic heterocycles. The van der Waals surface area contributed by atoms with Gasteiger partial charge in [0.1, 0.15) is 0 Å². The largest absolute Gasteiger partial charge is 0.426 e. The smallest absolute Gasteiger partial charge is 0.374 e. The zero-order chi connectivity index (χ0) is 18.9. The van der Waals surface area contributed by atoms with Gasteiger partial charge in [-0.1, -0.05) is 40.5 Å². The van der Waals surface area contributed by atoms with E-state index in [2.05, 4.69) is 13.8 Å². The van der Waals surface area contributed by atoms with Crippen molar-refractivity contribution in [1.29, 1.82) is 0 Å². The van der Waals surface area contributed by atoms with E-state index in [1.807, 2.05) is 13.8 Å². The Morgan fingerprint density at radius 2 is 1.29 bits per heavy atom. The monoisotopic (exact) mass is 362 g/mol. The number of alkyl halides is 6. The highest BCUT2D eigenvalue weighted by atomic mass is 19.4. The fourth-order valence-corrected chi connectivity index (χ4v) is 4.10. The molecule has 0 saturated heterocycles. The Balaban J connectivity index is 0.000000648. The van der Waals surface area contributed by atoms with E-state index in [1.54, 1.807) is 0 Å². The van der Waals surface area contributed by atoms with Crippen molar-refractivity contribution < 1.29 is 31.4 Å². The molecular formula is C17H28F6O. The van der Waals surface area contributed by atoms with Crippen LogP contribution in [0.2, 0.25) is 0 Å². The van der Waals surface area contributed by atoms with Crippen molar-refractivity contribution in [1.82, 2.24) is 0 Å². The van der Waals surface area contributed by atoms with Crippen molar-refractivity contribution in [3.8, 4) is 0 Å². The second kappa shape index (κ2) is 7.42. The fourth-order valence-electron chi connectivity index (χ4n) is 4.10. The Morgan fingerprint density at radius 1 is 0.833 bits per heavy atom. The zero-order valence-electron chi connectivity index (χ0n) is 14.6. The Labute approximate surface area is 139 Å². The van der Waals surface area contributed by atoms with Crippen LogP contribution in [0, 0.1) is 29.6 Å². The van der Waals surface area contributed by atoms with Crippen LogP contribution < -0.4 is 0 Å². The van der Waals surface area contributed by atoms with E-state index >= 15 is 0 Å². The van der Waals surface area contributed by atoms with Crippen molar-refractivity contribution in [2.75, 3.05) is 0 Å². The number of hydrogen-bond donors (Lipinski definition) is 1. The summed E-state index contributed by atoms with van der Waals surface area (Å²) in [6, 6.07) is 0. The predicted octanol–water partition coefficient (Wildman–Crippen LogP) is 5.97. The molecular weight excluding hydrogens is 334 g/mol. The minimum absolute atomic E-state index is 0.115. The SMILES string of the molecule is CC1C2CC(CC(O)(C(F)(F)F)C(F)(F)F)C(C2)C1C.CCCC. The standard InChI is InChI=1S/C13H18F6O.C4H10/c1-6-7(2)10-4-8(6)3-9(10)5-11(20,12(14,15)16)13(17,18)19;1-3-4-2/h6-10,20H,3-5H2,1-2H3;3-4H2,1-2H3. The molecule has 0 aliphatic heterocycles. The Kier molecular flexibility index (Phi) is 6.67. The van der Waals surface area contributed by atoms with E-state index < -0.39 is 30.3 Å². The summed E-state index contributed by atoms with van der Waals surface area (Å²) in [4.78, 5) is 0. The number of fused-ring (bicyclic) bond motifs is 2. The van der Waals surface area contributed by atoms with Gasteiger partial charge in [0.2, 0.25) is 0 Å². The molecule has 1 nitrogen and oxygen atoms in total. The molecule has 2 fully saturated rings. The van der Waals surface area contributed by atoms with E-state index in [-0.39, 0.29) is 17.8 Å². The summed E-state index contributed by atoms with van der Waals surface area (Å²) in [5, 5.41) is 9.28. The predicted molar refractivity (Wildman–Crippen MR) is 80.3 cm³/mol. The normalized spacial score (nSPS) is 33.4. The Morgan fingerprint density at radius 3 is 1.58 bits per heavy atom. The first-order valence-electron chi connectivity index (χ1n) is 8.65. The first-order chi connectivity index (χ1) is 10.8. The number of hydrogen-bond acceptors (Lipinski definition) is 1. The van der Waals surface area contributed by atoms with Crippen molar-refractivity contribution in [2.45, 2.75) is 77.8 Å². The molecule has 0 aromatic rings. The van der Waals surface area contributed by atoms with Gasteiger partial charge in [-0.2, -0.15) is 26.3 Å². The van der Waals surface area contributed by atoms with Gasteiger partial charge < -0.3 is 5.11 Å². The maximum absolute atomic E-state index is 12.7. The summed E-state index contributed by atoms with van der Waals surface area (Å²) >= 11 is 0. The highest BCUT2D eigenvalue weighted by molar-refractivity contribution is 5.03. The average Bonchev–Trinajstić information content (AvgIpc) is 2.97. The topological polar surface area (TPSA) is 20.2 Å². The molecule has 24 heavy (non-hydrogen) atoms. The van der Waals surface area contributed by atoms with E-state index in [0.717, 1.165) is 0 Å². The van der Waals surface area contributed by atoms with E-state index in [4.69, 9.17) is 0 Å². The molecule has 2 rings (SSSR count). The molecule has 5 unspecified atom stereocenters. The molecule has 0 spiro atoms. The lowest BCUT2D eigenvalue weighted by Crippen LogP contribution is -2.58. The van der Waals surface area contributed by atoms with Crippen LogP contribution in [-0.4, -0.2) is 23.1 Å². The molecule has 0 amide bonds. The van der Waals surface area contributed by atoms with Gasteiger partial charge in [0.25, 0.3) is 5.60 Å². The van der Waals surface area contributed by atoms with Gasteiger partial charge in [0.15, 0.2) is 0 Å². The summed E-state index contributed by atoms with van der Waals surface area (Å²) in [5.41, 5.74) is -4.59. The van der Waals surface area contributed by atoms with Crippen molar-refractivity contribution in [3.05, 3.63) is 0 Å². The van der Waals surface area contributed by atoms with Crippen LogP contribution in [0.4, 0.5) is 26.3 Å². The molecule has 0 radical (unpaired) electrons. The quantitative estimate of drug-likeness (QED) is 0.614. The van der Waals surface area contributed by atoms with Crippen LogP contribution in [0.15, 0.2) is 0 Å². The van der Waals surface area contributed by atoms with E-state index in [0.29, 0.717) is 18.8 Å². The minimum atomic E-state index is -5.69. The van der Waals surface area contributed by atoms with Gasteiger partial charge in [0, 0.05) is 0 Å². The van der Waals surface area contributed by atoms with Crippen LogP contribution in [0.5, 0.6) is 0 Å². The first kappa shape index (κ1) is 21.6. The van der Waals surface area contributed by atoms with Gasteiger partial charge in [-0.05, 0) is 48.9 Å². The van der Waals surface area contributed by atoms with Crippen LogP contribution in [0.1, 0.15) is 59.8 Å². The van der Waals surface area contributed by atoms with Crippen LogP contribution in [0.3, 0.4) is 0 Å². The highest BCUT2D eigenvalue weighted by Crippen LogP contribution is 2.59. The maximum atomic E-state index is 12.7. The minimum Gasteiger partial charge on any atom is -0.374 e. The van der Waals surface area contributed by atoms with Gasteiger partial charge in [0.05, 0.1) is 0 Å². The third-order valence-electron chi connectivity index (χ3n) is 6.03. The fraction of sp³-hybridized carbons (Fsp3) is 1.00. The van der Waals surface area contributed by atoms with Gasteiger partial charge in [-0.3, -0.25) is 0 Å². The highest BCUT2D eigenvalue weighted by Gasteiger charge is 2.71. The number of unbranched alkanes of at least 4 members (excludes halogenated alkanes) is 1.